The first-order valence-corrected chi connectivity index (χ1v) is 12.9. The molecular formula is C24H30F2N8O3S. The molecule has 4 N–H and O–H groups in total. The topological polar surface area (TPSA) is 131 Å². The summed E-state index contributed by atoms with van der Waals surface area (Å²) in [5.41, 5.74) is 1.45. The zero-order valence-corrected chi connectivity index (χ0v) is 22.0. The number of hydrogen-bond acceptors (Lipinski definition) is 11. The van der Waals surface area contributed by atoms with Crippen molar-refractivity contribution in [1.82, 2.24) is 10.2 Å². The van der Waals surface area contributed by atoms with Crippen LogP contribution in [0, 0.1) is 15.5 Å². The highest BCUT2D eigenvalue weighted by molar-refractivity contribution is 7.13. The normalized spacial score (nSPS) is 17.8. The number of anilines is 3. The van der Waals surface area contributed by atoms with E-state index < -0.39 is 17.8 Å². The number of nitrogens with one attached hydrogen (secondary N) is 4. The van der Waals surface area contributed by atoms with Crippen LogP contribution < -0.4 is 25.6 Å². The molecule has 0 saturated carbocycles. The molecule has 3 heterocycles. The minimum absolute atomic E-state index is 0.0154. The Kier molecular flexibility index (Phi) is 8.42. The van der Waals surface area contributed by atoms with Crippen LogP contribution in [0.2, 0.25) is 0 Å². The largest absolute Gasteiger partial charge is 0.433 e. The molecule has 2 aliphatic heterocycles. The van der Waals surface area contributed by atoms with E-state index in [-0.39, 0.29) is 28.5 Å². The van der Waals surface area contributed by atoms with Gasteiger partial charge in [0, 0.05) is 44.5 Å². The SMILES string of the molecule is CNc1ccsc1C(=N)C1=CC=NC(Nc2cc([N+](=O)[O-])c(N3CCC(N(C)C)CC3)cc2OC(F)F)N1. The van der Waals surface area contributed by atoms with Crippen LogP contribution in [0.1, 0.15) is 17.7 Å². The van der Waals surface area contributed by atoms with Crippen LogP contribution in [0.4, 0.5) is 31.5 Å². The lowest BCUT2D eigenvalue weighted by Crippen LogP contribution is -2.42. The van der Waals surface area contributed by atoms with Gasteiger partial charge in [0.25, 0.3) is 5.69 Å². The van der Waals surface area contributed by atoms with Gasteiger partial charge in [0.05, 0.1) is 32.6 Å². The maximum atomic E-state index is 13.4. The van der Waals surface area contributed by atoms with Crippen molar-refractivity contribution in [2.75, 3.05) is 49.8 Å². The molecule has 204 valence electrons. The third-order valence-corrected chi connectivity index (χ3v) is 7.45. The Hall–Kier alpha value is -3.78. The molecule has 1 saturated heterocycles. The number of rotatable bonds is 10. The van der Waals surface area contributed by atoms with E-state index in [0.29, 0.717) is 29.7 Å². The highest BCUT2D eigenvalue weighted by Crippen LogP contribution is 2.40. The van der Waals surface area contributed by atoms with Crippen LogP contribution in [0.15, 0.2) is 40.3 Å². The lowest BCUT2D eigenvalue weighted by Gasteiger charge is -2.36. The van der Waals surface area contributed by atoms with Gasteiger partial charge in [-0.25, -0.2) is 4.99 Å². The van der Waals surface area contributed by atoms with E-state index in [9.17, 15) is 18.9 Å². The lowest BCUT2D eigenvalue weighted by atomic mass is 10.0. The summed E-state index contributed by atoms with van der Waals surface area (Å²) < 4.78 is 31.5. The molecule has 0 bridgehead atoms. The first-order valence-electron chi connectivity index (χ1n) is 12.0. The fourth-order valence-corrected chi connectivity index (χ4v) is 5.39. The third kappa shape index (κ3) is 6.02. The minimum Gasteiger partial charge on any atom is -0.433 e. The Morgan fingerprint density at radius 3 is 2.71 bits per heavy atom. The molecule has 1 aromatic heterocycles. The van der Waals surface area contributed by atoms with Gasteiger partial charge < -0.3 is 30.5 Å². The lowest BCUT2D eigenvalue weighted by molar-refractivity contribution is -0.384. The Labute approximate surface area is 222 Å². The molecule has 14 heteroatoms. The zero-order chi connectivity index (χ0) is 27.4. The van der Waals surface area contributed by atoms with Gasteiger partial charge in [0.2, 0.25) is 0 Å². The monoisotopic (exact) mass is 548 g/mol. The number of ether oxygens (including phenoxy) is 1. The average Bonchev–Trinajstić information content (AvgIpc) is 3.38. The number of hydrogen-bond donors (Lipinski definition) is 4. The molecule has 0 radical (unpaired) electrons. The van der Waals surface area contributed by atoms with E-state index in [4.69, 9.17) is 10.1 Å². The summed E-state index contributed by atoms with van der Waals surface area (Å²) in [5, 5.41) is 31.5. The van der Waals surface area contributed by atoms with Gasteiger partial charge in [-0.2, -0.15) is 8.78 Å². The number of piperidine rings is 1. The molecular weight excluding hydrogens is 518 g/mol. The third-order valence-electron chi connectivity index (χ3n) is 6.52. The molecule has 1 unspecified atom stereocenters. The first-order chi connectivity index (χ1) is 18.2. The predicted molar refractivity (Wildman–Crippen MR) is 146 cm³/mol. The van der Waals surface area contributed by atoms with Gasteiger partial charge in [0.15, 0.2) is 12.0 Å². The highest BCUT2D eigenvalue weighted by Gasteiger charge is 2.29. The molecule has 11 nitrogen and oxygen atoms in total. The molecule has 2 aromatic rings. The van der Waals surface area contributed by atoms with Gasteiger partial charge in [0.1, 0.15) is 5.69 Å². The van der Waals surface area contributed by atoms with Gasteiger partial charge in [-0.1, -0.05) is 0 Å². The molecule has 38 heavy (non-hydrogen) atoms. The Morgan fingerprint density at radius 2 is 2.08 bits per heavy atom. The van der Waals surface area contributed by atoms with Crippen molar-refractivity contribution < 1.29 is 18.4 Å². The summed E-state index contributed by atoms with van der Waals surface area (Å²) in [7, 11) is 5.74. The van der Waals surface area contributed by atoms with Crippen LogP contribution in [-0.4, -0.2) is 74.9 Å². The standard InChI is InChI=1S/C24H30F2N8O3S/c1-28-16-7-11-38-22(16)21(27)15-4-8-29-24(30-15)31-17-12-19(34(35)36)18(13-20(17)37-23(25)26)33-9-5-14(6-10-33)32(2)3/h4,7-8,11-14,23-24,27-28,30-31H,5-6,9-10H2,1-3H3. The minimum atomic E-state index is -3.13. The summed E-state index contributed by atoms with van der Waals surface area (Å²) >= 11 is 1.39. The average molecular weight is 549 g/mol. The van der Waals surface area contributed by atoms with Crippen LogP contribution in [0.5, 0.6) is 5.75 Å². The first kappa shape index (κ1) is 27.3. The molecule has 0 amide bonds. The van der Waals surface area contributed by atoms with E-state index in [1.54, 1.807) is 13.1 Å². The Bertz CT molecular complexity index is 1240. The summed E-state index contributed by atoms with van der Waals surface area (Å²) in [4.78, 5) is 20.4. The fourth-order valence-electron chi connectivity index (χ4n) is 4.52. The molecule has 0 spiro atoms. The molecule has 0 aliphatic carbocycles. The van der Waals surface area contributed by atoms with E-state index >= 15 is 0 Å². The number of halogens is 2. The summed E-state index contributed by atoms with van der Waals surface area (Å²) in [5.74, 6) is -0.228. The second-order valence-electron chi connectivity index (χ2n) is 9.01. The maximum absolute atomic E-state index is 13.4. The molecule has 1 aromatic carbocycles. The van der Waals surface area contributed by atoms with Gasteiger partial charge >= 0.3 is 6.61 Å². The molecule has 1 fully saturated rings. The fraction of sp³-hybridized carbons (Fsp3) is 0.417. The second-order valence-corrected chi connectivity index (χ2v) is 9.93. The van der Waals surface area contributed by atoms with Crippen LogP contribution in [-0.2, 0) is 0 Å². The van der Waals surface area contributed by atoms with E-state index in [2.05, 4.69) is 25.8 Å². The second kappa shape index (κ2) is 11.7. The number of nitro benzene ring substituents is 1. The highest BCUT2D eigenvalue weighted by atomic mass is 32.1. The molecule has 1 atom stereocenters. The molecule has 2 aliphatic rings. The summed E-state index contributed by atoms with van der Waals surface area (Å²) in [6.07, 6.45) is 3.80. The van der Waals surface area contributed by atoms with Gasteiger partial charge in [-0.05, 0) is 44.5 Å². The van der Waals surface area contributed by atoms with Crippen molar-refractivity contribution in [1.29, 1.82) is 5.41 Å². The van der Waals surface area contributed by atoms with Crippen molar-refractivity contribution in [3.63, 3.8) is 0 Å². The number of thiophene rings is 1. The predicted octanol–water partition coefficient (Wildman–Crippen LogP) is 4.15. The van der Waals surface area contributed by atoms with Crippen molar-refractivity contribution in [2.45, 2.75) is 31.8 Å². The van der Waals surface area contributed by atoms with Crippen LogP contribution in [0.3, 0.4) is 0 Å². The van der Waals surface area contributed by atoms with Gasteiger partial charge in [-0.3, -0.25) is 15.5 Å². The number of allylic oxidation sites excluding steroid dienone is 2. The Morgan fingerprint density at radius 1 is 1.34 bits per heavy atom. The maximum Gasteiger partial charge on any atom is 0.387 e. The van der Waals surface area contributed by atoms with Crippen molar-refractivity contribution in [2.24, 2.45) is 4.99 Å². The van der Waals surface area contributed by atoms with Crippen LogP contribution >= 0.6 is 11.3 Å². The zero-order valence-electron chi connectivity index (χ0n) is 21.2. The Balaban J connectivity index is 1.59. The van der Waals surface area contributed by atoms with E-state index in [0.717, 1.165) is 18.5 Å². The smallest absolute Gasteiger partial charge is 0.387 e. The number of alkyl halides is 2. The quantitative estimate of drug-likeness (QED) is 0.198. The van der Waals surface area contributed by atoms with E-state index in [1.165, 1.54) is 29.7 Å². The van der Waals surface area contributed by atoms with E-state index in [1.807, 2.05) is 30.4 Å². The van der Waals surface area contributed by atoms with Gasteiger partial charge in [-0.15, -0.1) is 11.3 Å². The summed E-state index contributed by atoms with van der Waals surface area (Å²) in [6, 6.07) is 4.69. The number of benzene rings is 1. The van der Waals surface area contributed by atoms with Crippen LogP contribution in [0.25, 0.3) is 0 Å². The van der Waals surface area contributed by atoms with Crippen molar-refractivity contribution >= 4 is 46.0 Å². The number of nitro groups is 1. The van der Waals surface area contributed by atoms with Crippen molar-refractivity contribution in [3.05, 3.63) is 50.3 Å². The number of aliphatic imine (C=N–C) groups is 1. The molecule has 4 rings (SSSR count). The summed E-state index contributed by atoms with van der Waals surface area (Å²) in [6.45, 7) is -2.03. The van der Waals surface area contributed by atoms with Crippen molar-refractivity contribution in [3.8, 4) is 5.75 Å². The number of nitrogens with zero attached hydrogens (tertiary/aromatic N) is 4.